The van der Waals surface area contributed by atoms with Gasteiger partial charge in [-0.1, -0.05) is 23.2 Å². The average Bonchev–Trinajstić information content (AvgIpc) is 2.70. The molecule has 0 spiro atoms. The standard InChI is InChI=1S/C20H21Cl2N5O/c1-13-2-5-18(26-25-13)27-9-6-14(7-10-27)8-11-28-15-3-4-16-17(12-15)24-20(22)19(21)23-16/h2-5,12,14H,6-11H2,1H3. The summed E-state index contributed by atoms with van der Waals surface area (Å²) < 4.78 is 5.93. The number of fused-ring (bicyclic) bond motifs is 1. The Hall–Kier alpha value is -2.18. The van der Waals surface area contributed by atoms with E-state index in [4.69, 9.17) is 27.9 Å². The van der Waals surface area contributed by atoms with E-state index in [1.165, 1.54) is 0 Å². The van der Waals surface area contributed by atoms with Crippen LogP contribution in [0.2, 0.25) is 10.3 Å². The van der Waals surface area contributed by atoms with Crippen LogP contribution in [0.4, 0.5) is 5.82 Å². The molecule has 1 aromatic carbocycles. The van der Waals surface area contributed by atoms with Crippen molar-refractivity contribution < 1.29 is 4.74 Å². The van der Waals surface area contributed by atoms with E-state index < -0.39 is 0 Å². The van der Waals surface area contributed by atoms with Crippen molar-refractivity contribution in [2.24, 2.45) is 5.92 Å². The number of ether oxygens (including phenoxy) is 1. The minimum absolute atomic E-state index is 0.205. The lowest BCUT2D eigenvalue weighted by molar-refractivity contribution is 0.258. The Morgan fingerprint density at radius 3 is 2.46 bits per heavy atom. The summed E-state index contributed by atoms with van der Waals surface area (Å²) in [4.78, 5) is 10.8. The van der Waals surface area contributed by atoms with E-state index in [9.17, 15) is 0 Å². The SMILES string of the molecule is Cc1ccc(N2CCC(CCOc3ccc4nc(Cl)c(Cl)nc4c3)CC2)nn1. The Morgan fingerprint density at radius 1 is 1.00 bits per heavy atom. The van der Waals surface area contributed by atoms with Crippen LogP contribution in [-0.4, -0.2) is 39.9 Å². The molecule has 8 heteroatoms. The summed E-state index contributed by atoms with van der Waals surface area (Å²) >= 11 is 11.9. The summed E-state index contributed by atoms with van der Waals surface area (Å²) in [6.07, 6.45) is 3.30. The molecule has 6 nitrogen and oxygen atoms in total. The van der Waals surface area contributed by atoms with Gasteiger partial charge in [-0.05, 0) is 56.4 Å². The molecule has 1 aliphatic rings. The van der Waals surface area contributed by atoms with Crippen LogP contribution < -0.4 is 9.64 Å². The first-order chi connectivity index (χ1) is 13.6. The Bertz CT molecular complexity index is 959. The lowest BCUT2D eigenvalue weighted by atomic mass is 9.94. The van der Waals surface area contributed by atoms with Gasteiger partial charge in [-0.25, -0.2) is 9.97 Å². The number of hydrogen-bond donors (Lipinski definition) is 0. The molecule has 4 rings (SSSR count). The van der Waals surface area contributed by atoms with Crippen molar-refractivity contribution in [3.05, 3.63) is 46.3 Å². The van der Waals surface area contributed by atoms with Crippen LogP contribution in [0.15, 0.2) is 30.3 Å². The van der Waals surface area contributed by atoms with Crippen molar-refractivity contribution in [1.82, 2.24) is 20.2 Å². The van der Waals surface area contributed by atoms with E-state index in [2.05, 4.69) is 25.1 Å². The molecule has 0 unspecified atom stereocenters. The zero-order valence-electron chi connectivity index (χ0n) is 15.6. The van der Waals surface area contributed by atoms with Gasteiger partial charge in [-0.15, -0.1) is 5.10 Å². The number of halogens is 2. The van der Waals surface area contributed by atoms with Crippen molar-refractivity contribution in [3.63, 3.8) is 0 Å². The Labute approximate surface area is 173 Å². The number of aryl methyl sites for hydroxylation is 1. The van der Waals surface area contributed by atoms with E-state index in [0.29, 0.717) is 23.6 Å². The van der Waals surface area contributed by atoms with Gasteiger partial charge in [0.2, 0.25) is 0 Å². The van der Waals surface area contributed by atoms with Crippen LogP contribution in [0.25, 0.3) is 11.0 Å². The molecular weight excluding hydrogens is 397 g/mol. The van der Waals surface area contributed by atoms with Crippen molar-refractivity contribution in [3.8, 4) is 5.75 Å². The van der Waals surface area contributed by atoms with Gasteiger partial charge in [0.25, 0.3) is 0 Å². The predicted molar refractivity (Wildman–Crippen MR) is 111 cm³/mol. The quantitative estimate of drug-likeness (QED) is 0.598. The molecule has 0 aliphatic carbocycles. The fraction of sp³-hybridized carbons (Fsp3) is 0.400. The van der Waals surface area contributed by atoms with Gasteiger partial charge in [0.1, 0.15) is 5.75 Å². The summed E-state index contributed by atoms with van der Waals surface area (Å²) in [5.41, 5.74) is 2.33. The predicted octanol–water partition coefficient (Wildman–Crippen LogP) is 4.72. The van der Waals surface area contributed by atoms with Crippen LogP contribution in [0.1, 0.15) is 25.0 Å². The number of piperidine rings is 1. The molecule has 1 fully saturated rings. The Morgan fingerprint density at radius 2 is 1.75 bits per heavy atom. The van der Waals surface area contributed by atoms with Gasteiger partial charge >= 0.3 is 0 Å². The Kier molecular flexibility index (Phi) is 5.78. The maximum atomic E-state index is 5.95. The average molecular weight is 418 g/mol. The smallest absolute Gasteiger partial charge is 0.167 e. The van der Waals surface area contributed by atoms with Gasteiger partial charge in [0.15, 0.2) is 16.1 Å². The van der Waals surface area contributed by atoms with Crippen molar-refractivity contribution in [2.75, 3.05) is 24.6 Å². The molecule has 146 valence electrons. The third kappa shape index (κ3) is 4.45. The van der Waals surface area contributed by atoms with Crippen LogP contribution >= 0.6 is 23.2 Å². The summed E-state index contributed by atoms with van der Waals surface area (Å²) in [7, 11) is 0. The molecule has 0 N–H and O–H groups in total. The monoisotopic (exact) mass is 417 g/mol. The maximum absolute atomic E-state index is 5.95. The van der Waals surface area contributed by atoms with E-state index in [1.807, 2.05) is 37.3 Å². The van der Waals surface area contributed by atoms with Crippen molar-refractivity contribution in [2.45, 2.75) is 26.2 Å². The van der Waals surface area contributed by atoms with Crippen LogP contribution in [0.5, 0.6) is 5.75 Å². The summed E-state index contributed by atoms with van der Waals surface area (Å²) in [6, 6.07) is 9.65. The molecule has 1 saturated heterocycles. The number of hydrogen-bond acceptors (Lipinski definition) is 6. The normalized spacial score (nSPS) is 15.2. The second-order valence-corrected chi connectivity index (χ2v) is 7.77. The molecule has 1 aliphatic heterocycles. The van der Waals surface area contributed by atoms with Gasteiger partial charge in [-0.2, -0.15) is 5.10 Å². The maximum Gasteiger partial charge on any atom is 0.167 e. The lowest BCUT2D eigenvalue weighted by Gasteiger charge is -2.32. The highest BCUT2D eigenvalue weighted by atomic mass is 35.5. The second kappa shape index (κ2) is 8.45. The van der Waals surface area contributed by atoms with Gasteiger partial charge in [0, 0.05) is 19.2 Å². The lowest BCUT2D eigenvalue weighted by Crippen LogP contribution is -2.34. The van der Waals surface area contributed by atoms with E-state index in [1.54, 1.807) is 0 Å². The number of rotatable bonds is 5. The minimum Gasteiger partial charge on any atom is -0.494 e. The summed E-state index contributed by atoms with van der Waals surface area (Å²) in [6.45, 7) is 4.64. The van der Waals surface area contributed by atoms with Crippen LogP contribution in [0.3, 0.4) is 0 Å². The molecule has 0 amide bonds. The molecule has 0 radical (unpaired) electrons. The first-order valence-electron chi connectivity index (χ1n) is 9.39. The fourth-order valence-corrected chi connectivity index (χ4v) is 3.70. The van der Waals surface area contributed by atoms with E-state index in [0.717, 1.165) is 49.6 Å². The third-order valence-corrected chi connectivity index (χ3v) is 5.70. The minimum atomic E-state index is 0.205. The molecule has 3 heterocycles. The molecule has 0 bridgehead atoms. The molecule has 28 heavy (non-hydrogen) atoms. The zero-order chi connectivity index (χ0) is 19.5. The van der Waals surface area contributed by atoms with Crippen LogP contribution in [-0.2, 0) is 0 Å². The first-order valence-corrected chi connectivity index (χ1v) is 10.1. The summed E-state index contributed by atoms with van der Waals surface area (Å²) in [5.74, 6) is 2.40. The van der Waals surface area contributed by atoms with Gasteiger partial charge in [-0.3, -0.25) is 0 Å². The highest BCUT2D eigenvalue weighted by molar-refractivity contribution is 6.40. The highest BCUT2D eigenvalue weighted by Gasteiger charge is 2.20. The molecule has 0 saturated carbocycles. The number of nitrogens with zero attached hydrogens (tertiary/aromatic N) is 5. The van der Waals surface area contributed by atoms with Gasteiger partial charge in [0.05, 0.1) is 23.3 Å². The Balaban J connectivity index is 1.27. The molecule has 0 atom stereocenters. The zero-order valence-corrected chi connectivity index (χ0v) is 17.1. The fourth-order valence-electron chi connectivity index (χ4n) is 3.44. The highest BCUT2D eigenvalue weighted by Crippen LogP contribution is 2.26. The molecular formula is C20H21Cl2N5O. The third-order valence-electron chi connectivity index (χ3n) is 5.07. The number of aromatic nitrogens is 4. The van der Waals surface area contributed by atoms with Crippen molar-refractivity contribution in [1.29, 1.82) is 0 Å². The summed E-state index contributed by atoms with van der Waals surface area (Å²) in [5, 5.41) is 8.86. The number of anilines is 1. The molecule has 2 aromatic heterocycles. The largest absolute Gasteiger partial charge is 0.494 e. The number of benzene rings is 1. The molecule has 3 aromatic rings. The van der Waals surface area contributed by atoms with E-state index in [-0.39, 0.29) is 10.3 Å². The van der Waals surface area contributed by atoms with Gasteiger partial charge < -0.3 is 9.64 Å². The first kappa shape index (κ1) is 19.2. The van der Waals surface area contributed by atoms with Crippen LogP contribution in [0, 0.1) is 12.8 Å². The van der Waals surface area contributed by atoms with E-state index >= 15 is 0 Å². The topological polar surface area (TPSA) is 64.0 Å². The van der Waals surface area contributed by atoms with Crippen molar-refractivity contribution >= 4 is 40.1 Å². The second-order valence-electron chi connectivity index (χ2n) is 7.06.